The zero-order chi connectivity index (χ0) is 22.2. The number of nitrogens with one attached hydrogen (secondary N) is 1. The van der Waals surface area contributed by atoms with Gasteiger partial charge >= 0.3 is 0 Å². The van der Waals surface area contributed by atoms with Crippen LogP contribution in [-0.2, 0) is 4.74 Å². The molecule has 1 heterocycles. The monoisotopic (exact) mass is 430 g/mol. The first-order valence-corrected chi connectivity index (χ1v) is 12.1. The summed E-state index contributed by atoms with van der Waals surface area (Å²) < 4.78 is 5.69. The molecule has 1 atom stereocenters. The normalized spacial score (nSPS) is 14.4. The first kappa shape index (κ1) is 26.6. The smallest absolute Gasteiger partial charge is 0.0698 e. The van der Waals surface area contributed by atoms with E-state index in [4.69, 9.17) is 4.74 Å². The molecule has 0 saturated heterocycles. The van der Waals surface area contributed by atoms with Crippen molar-refractivity contribution in [3.8, 4) is 0 Å². The SMILES string of the molecule is C=C\C=C(/C=C(CNC)/C(=C/CC)CCN(C)CC(CCCC)OC)c1ccsc1. The van der Waals surface area contributed by atoms with Crippen LogP contribution in [0.1, 0.15) is 51.5 Å². The van der Waals surface area contributed by atoms with Gasteiger partial charge in [-0.2, -0.15) is 11.3 Å². The van der Waals surface area contributed by atoms with Crippen molar-refractivity contribution in [1.29, 1.82) is 0 Å². The summed E-state index contributed by atoms with van der Waals surface area (Å²) in [7, 11) is 6.06. The number of unbranched alkanes of at least 4 members (excludes halogenated alkanes) is 1. The van der Waals surface area contributed by atoms with Gasteiger partial charge in [-0.1, -0.05) is 51.5 Å². The van der Waals surface area contributed by atoms with Gasteiger partial charge in [-0.3, -0.25) is 0 Å². The molecule has 0 aromatic carbocycles. The van der Waals surface area contributed by atoms with Gasteiger partial charge in [0, 0.05) is 26.7 Å². The number of thiophene rings is 1. The minimum Gasteiger partial charge on any atom is -0.380 e. The summed E-state index contributed by atoms with van der Waals surface area (Å²) >= 11 is 1.73. The van der Waals surface area contributed by atoms with Crippen molar-refractivity contribution in [2.75, 3.05) is 40.8 Å². The molecule has 30 heavy (non-hydrogen) atoms. The van der Waals surface area contributed by atoms with E-state index in [0.717, 1.165) is 38.9 Å². The van der Waals surface area contributed by atoms with E-state index in [-0.39, 0.29) is 0 Å². The summed E-state index contributed by atoms with van der Waals surface area (Å²) in [4.78, 5) is 2.41. The molecule has 1 rings (SSSR count). The number of allylic oxidation sites excluding steroid dienone is 5. The fourth-order valence-electron chi connectivity index (χ4n) is 3.52. The Morgan fingerprint density at radius 2 is 2.13 bits per heavy atom. The van der Waals surface area contributed by atoms with Gasteiger partial charge in [0.05, 0.1) is 6.10 Å². The quantitative estimate of drug-likeness (QED) is 0.310. The summed E-state index contributed by atoms with van der Waals surface area (Å²) in [5.74, 6) is 0. The Balaban J connectivity index is 2.94. The van der Waals surface area contributed by atoms with Gasteiger partial charge in [-0.15, -0.1) is 0 Å². The van der Waals surface area contributed by atoms with Crippen molar-refractivity contribution in [3.63, 3.8) is 0 Å². The molecule has 0 spiro atoms. The third kappa shape index (κ3) is 10.0. The fraction of sp³-hybridized carbons (Fsp3) is 0.538. The van der Waals surface area contributed by atoms with Gasteiger partial charge in [0.15, 0.2) is 0 Å². The molecule has 0 fully saturated rings. The van der Waals surface area contributed by atoms with E-state index in [9.17, 15) is 0 Å². The summed E-state index contributed by atoms with van der Waals surface area (Å²) in [5.41, 5.74) is 5.24. The molecule has 0 aliphatic heterocycles. The van der Waals surface area contributed by atoms with Crippen LogP contribution >= 0.6 is 11.3 Å². The third-order valence-electron chi connectivity index (χ3n) is 5.20. The molecule has 1 aromatic heterocycles. The number of rotatable bonds is 16. The lowest BCUT2D eigenvalue weighted by atomic mass is 9.96. The van der Waals surface area contributed by atoms with Crippen LogP contribution in [-0.4, -0.2) is 51.8 Å². The van der Waals surface area contributed by atoms with Crippen molar-refractivity contribution >= 4 is 16.9 Å². The molecule has 3 nitrogen and oxygen atoms in total. The van der Waals surface area contributed by atoms with Crippen LogP contribution in [0.4, 0.5) is 0 Å². The first-order valence-electron chi connectivity index (χ1n) is 11.2. The lowest BCUT2D eigenvalue weighted by molar-refractivity contribution is 0.0642. The van der Waals surface area contributed by atoms with Crippen molar-refractivity contribution in [2.45, 2.75) is 52.1 Å². The molecule has 1 N–H and O–H groups in total. The zero-order valence-electron chi connectivity index (χ0n) is 19.7. The van der Waals surface area contributed by atoms with E-state index in [2.05, 4.69) is 72.7 Å². The van der Waals surface area contributed by atoms with Crippen LogP contribution in [0.15, 0.2) is 58.9 Å². The number of hydrogen-bond donors (Lipinski definition) is 1. The minimum absolute atomic E-state index is 0.321. The molecule has 1 unspecified atom stereocenters. The van der Waals surface area contributed by atoms with Crippen molar-refractivity contribution in [1.82, 2.24) is 10.2 Å². The molecule has 0 bridgehead atoms. The van der Waals surface area contributed by atoms with Gasteiger partial charge < -0.3 is 15.0 Å². The van der Waals surface area contributed by atoms with Gasteiger partial charge in [0.2, 0.25) is 0 Å². The van der Waals surface area contributed by atoms with Gasteiger partial charge in [-0.25, -0.2) is 0 Å². The molecule has 0 aliphatic carbocycles. The Labute approximate surface area is 189 Å². The molecular weight excluding hydrogens is 388 g/mol. The zero-order valence-corrected chi connectivity index (χ0v) is 20.6. The molecule has 0 radical (unpaired) electrons. The lowest BCUT2D eigenvalue weighted by Gasteiger charge is -2.24. The third-order valence-corrected chi connectivity index (χ3v) is 5.89. The number of methoxy groups -OCH3 is 1. The van der Waals surface area contributed by atoms with Crippen LogP contribution < -0.4 is 5.32 Å². The Kier molecular flexibility index (Phi) is 14.4. The van der Waals surface area contributed by atoms with E-state index in [1.807, 2.05) is 20.2 Å². The van der Waals surface area contributed by atoms with Crippen LogP contribution in [0, 0.1) is 0 Å². The van der Waals surface area contributed by atoms with Crippen LogP contribution in [0.5, 0.6) is 0 Å². The van der Waals surface area contributed by atoms with Gasteiger partial charge in [-0.05, 0) is 78.5 Å². The average Bonchev–Trinajstić information content (AvgIpc) is 3.28. The molecule has 4 heteroatoms. The van der Waals surface area contributed by atoms with E-state index in [0.29, 0.717) is 6.10 Å². The second-order valence-corrected chi connectivity index (χ2v) is 8.50. The maximum Gasteiger partial charge on any atom is 0.0698 e. The number of likely N-dealkylation sites (N-methyl/N-ethyl adjacent to an activating group) is 2. The largest absolute Gasteiger partial charge is 0.380 e. The first-order chi connectivity index (χ1) is 14.6. The Morgan fingerprint density at radius 1 is 1.33 bits per heavy atom. The molecule has 1 aromatic rings. The van der Waals surface area contributed by atoms with E-state index in [1.165, 1.54) is 35.1 Å². The topological polar surface area (TPSA) is 24.5 Å². The summed E-state index contributed by atoms with van der Waals surface area (Å²) in [6.07, 6.45) is 14.6. The fourth-order valence-corrected chi connectivity index (χ4v) is 4.19. The molecule has 168 valence electrons. The molecule has 0 saturated carbocycles. The molecule has 0 aliphatic rings. The molecule has 0 amide bonds. The second kappa shape index (κ2) is 16.3. The average molecular weight is 431 g/mol. The minimum atomic E-state index is 0.321. The highest BCUT2D eigenvalue weighted by molar-refractivity contribution is 7.08. The highest BCUT2D eigenvalue weighted by atomic mass is 32.1. The van der Waals surface area contributed by atoms with Crippen molar-refractivity contribution in [2.24, 2.45) is 0 Å². The van der Waals surface area contributed by atoms with Crippen LogP contribution in [0.2, 0.25) is 0 Å². The Morgan fingerprint density at radius 3 is 2.70 bits per heavy atom. The second-order valence-electron chi connectivity index (χ2n) is 7.72. The summed E-state index contributed by atoms with van der Waals surface area (Å²) in [5, 5.41) is 7.68. The standard InChI is InChI=1S/C26H42N2OS/c1-7-10-13-26(29-6)20-28(5)16-14-22(11-8-2)25(19-27-4)18-23(12-9-3)24-15-17-30-21-24/h9,11-12,15,17-18,21,26-27H,3,7-8,10,13-14,16,19-20H2,1-2,4-6H3/b22-11+,23-12+,25-18+. The van der Waals surface area contributed by atoms with E-state index >= 15 is 0 Å². The number of hydrogen-bond acceptors (Lipinski definition) is 4. The Bertz CT molecular complexity index is 673. The number of ether oxygens (including phenoxy) is 1. The maximum atomic E-state index is 5.69. The van der Waals surface area contributed by atoms with Crippen LogP contribution in [0.3, 0.4) is 0 Å². The highest BCUT2D eigenvalue weighted by Gasteiger charge is 2.13. The molecular formula is C26H42N2OS. The van der Waals surface area contributed by atoms with Crippen molar-refractivity contribution < 1.29 is 4.74 Å². The lowest BCUT2D eigenvalue weighted by Crippen LogP contribution is -2.31. The van der Waals surface area contributed by atoms with E-state index in [1.54, 1.807) is 11.3 Å². The summed E-state index contributed by atoms with van der Waals surface area (Å²) in [6, 6.07) is 2.17. The number of nitrogens with zero attached hydrogens (tertiary/aromatic N) is 1. The van der Waals surface area contributed by atoms with Crippen molar-refractivity contribution in [3.05, 3.63) is 64.4 Å². The maximum absolute atomic E-state index is 5.69. The van der Waals surface area contributed by atoms with E-state index < -0.39 is 0 Å². The predicted molar refractivity (Wildman–Crippen MR) is 135 cm³/mol. The predicted octanol–water partition coefficient (Wildman–Crippen LogP) is 6.33. The highest BCUT2D eigenvalue weighted by Crippen LogP contribution is 2.24. The Hall–Kier alpha value is -1.46. The van der Waals surface area contributed by atoms with Crippen LogP contribution in [0.25, 0.3) is 5.57 Å². The van der Waals surface area contributed by atoms with Gasteiger partial charge in [0.25, 0.3) is 0 Å². The van der Waals surface area contributed by atoms with Gasteiger partial charge in [0.1, 0.15) is 0 Å². The summed E-state index contributed by atoms with van der Waals surface area (Å²) in [6.45, 7) is 11.2.